The minimum atomic E-state index is -0.196. The number of hydrogen-bond donors (Lipinski definition) is 0. The minimum absolute atomic E-state index is 0.196. The minimum Gasteiger partial charge on any atom is -0.497 e. The molecular weight excluding hydrogens is 500 g/mol. The van der Waals surface area contributed by atoms with E-state index in [1.165, 1.54) is 0 Å². The van der Waals surface area contributed by atoms with Crippen LogP contribution in [0.4, 0.5) is 0 Å². The van der Waals surface area contributed by atoms with Gasteiger partial charge in [0.2, 0.25) is 0 Å². The fraction of sp³-hybridized carbons (Fsp3) is 0.324. The van der Waals surface area contributed by atoms with Gasteiger partial charge >= 0.3 is 5.97 Å². The number of rotatable bonds is 10. The van der Waals surface area contributed by atoms with Crippen LogP contribution in [-0.2, 0) is 16.1 Å². The van der Waals surface area contributed by atoms with Crippen LogP contribution in [0.1, 0.15) is 35.6 Å². The zero-order chi connectivity index (χ0) is 27.9. The largest absolute Gasteiger partial charge is 0.497 e. The van der Waals surface area contributed by atoms with Crippen LogP contribution >= 0.6 is 0 Å². The van der Waals surface area contributed by atoms with Crippen LogP contribution in [0.3, 0.4) is 0 Å². The Morgan fingerprint density at radius 3 is 2.35 bits per heavy atom. The first kappa shape index (κ1) is 27.7. The third kappa shape index (κ3) is 6.82. The molecule has 1 heterocycles. The highest BCUT2D eigenvalue weighted by Gasteiger charge is 2.26. The Morgan fingerprint density at radius 2 is 1.62 bits per heavy atom. The van der Waals surface area contributed by atoms with E-state index in [1.54, 1.807) is 7.11 Å². The van der Waals surface area contributed by atoms with Crippen molar-refractivity contribution in [3.05, 3.63) is 101 Å². The van der Waals surface area contributed by atoms with Crippen molar-refractivity contribution in [1.82, 2.24) is 9.80 Å². The molecule has 6 heteroatoms. The number of carbonyl (C=O) groups is 1. The average molecular weight is 539 g/mol. The van der Waals surface area contributed by atoms with Gasteiger partial charge in [0, 0.05) is 32.7 Å². The van der Waals surface area contributed by atoms with E-state index in [2.05, 4.69) is 60.2 Å². The first-order valence-corrected chi connectivity index (χ1v) is 13.9. The number of fused-ring (bicyclic) bond motifs is 1. The standard InChI is InChI=1S/C34H38N2O4/c1-25-31(21-26-9-11-28(12-10-26)40-24-27-7-5-4-6-8-27)30-14-13-29(38-3)22-33(30)32(25)23-34(37)39-20-19-36-17-15-35(2)16-18-36/h4-14,21-22H,15-20,23-24H2,1-3H3/b31-21-. The SMILES string of the molecule is COc1ccc2c(c1)C(CC(=O)OCCN1CCN(C)CC1)=C(C)/C2=C/c1ccc(OCc2ccccc2)cc1. The Labute approximate surface area is 237 Å². The summed E-state index contributed by atoms with van der Waals surface area (Å²) in [6.45, 7) is 7.95. The lowest BCUT2D eigenvalue weighted by Crippen LogP contribution is -2.45. The highest BCUT2D eigenvalue weighted by molar-refractivity contribution is 6.07. The number of likely N-dealkylation sites (N-methyl/N-ethyl adjacent to an activating group) is 1. The first-order chi connectivity index (χ1) is 19.5. The Bertz CT molecular complexity index is 1370. The van der Waals surface area contributed by atoms with Crippen LogP contribution in [0.2, 0.25) is 0 Å². The molecule has 40 heavy (non-hydrogen) atoms. The maximum absolute atomic E-state index is 12.9. The highest BCUT2D eigenvalue weighted by Crippen LogP contribution is 2.45. The fourth-order valence-electron chi connectivity index (χ4n) is 5.24. The molecule has 1 fully saturated rings. The van der Waals surface area contributed by atoms with Crippen molar-refractivity contribution in [2.75, 3.05) is 53.5 Å². The number of piperazine rings is 1. The molecule has 2 aliphatic rings. The van der Waals surface area contributed by atoms with E-state index in [-0.39, 0.29) is 12.4 Å². The van der Waals surface area contributed by atoms with Gasteiger partial charge in [-0.3, -0.25) is 9.69 Å². The predicted molar refractivity (Wildman–Crippen MR) is 160 cm³/mol. The summed E-state index contributed by atoms with van der Waals surface area (Å²) in [5, 5.41) is 0. The van der Waals surface area contributed by atoms with Crippen molar-refractivity contribution in [2.24, 2.45) is 0 Å². The Hall–Kier alpha value is -3.87. The number of ether oxygens (including phenoxy) is 3. The Morgan fingerprint density at radius 1 is 0.900 bits per heavy atom. The van der Waals surface area contributed by atoms with Gasteiger partial charge in [-0.2, -0.15) is 0 Å². The smallest absolute Gasteiger partial charge is 0.310 e. The second-order valence-electron chi connectivity index (χ2n) is 10.5. The quantitative estimate of drug-likeness (QED) is 0.305. The van der Waals surface area contributed by atoms with Crippen LogP contribution in [0, 0.1) is 0 Å². The fourth-order valence-corrected chi connectivity index (χ4v) is 5.24. The number of hydrogen-bond acceptors (Lipinski definition) is 6. The topological polar surface area (TPSA) is 51.2 Å². The molecule has 0 radical (unpaired) electrons. The number of nitrogens with zero attached hydrogens (tertiary/aromatic N) is 2. The predicted octanol–water partition coefficient (Wildman–Crippen LogP) is 5.78. The molecule has 0 spiro atoms. The van der Waals surface area contributed by atoms with Gasteiger partial charge in [-0.15, -0.1) is 0 Å². The van der Waals surface area contributed by atoms with Gasteiger partial charge in [-0.05, 0) is 83.3 Å². The van der Waals surface area contributed by atoms with E-state index < -0.39 is 0 Å². The van der Waals surface area contributed by atoms with Crippen molar-refractivity contribution in [3.8, 4) is 11.5 Å². The van der Waals surface area contributed by atoms with Crippen LogP contribution in [-0.4, -0.2) is 69.3 Å². The summed E-state index contributed by atoms with van der Waals surface area (Å²) >= 11 is 0. The molecule has 5 rings (SSSR count). The van der Waals surface area contributed by atoms with Crippen LogP contribution in [0.15, 0.2) is 78.4 Å². The Balaban J connectivity index is 1.28. The lowest BCUT2D eigenvalue weighted by molar-refractivity contribution is -0.142. The summed E-state index contributed by atoms with van der Waals surface area (Å²) in [6.07, 6.45) is 2.41. The molecule has 0 amide bonds. The molecule has 0 atom stereocenters. The normalized spacial score (nSPS) is 16.7. The molecule has 0 bridgehead atoms. The van der Waals surface area contributed by atoms with Crippen molar-refractivity contribution in [1.29, 1.82) is 0 Å². The first-order valence-electron chi connectivity index (χ1n) is 13.9. The molecule has 0 aromatic heterocycles. The van der Waals surface area contributed by atoms with Gasteiger partial charge in [-0.1, -0.05) is 48.5 Å². The molecule has 0 N–H and O–H groups in total. The molecule has 1 aliphatic carbocycles. The lowest BCUT2D eigenvalue weighted by atomic mass is 10.0. The third-order valence-corrected chi connectivity index (χ3v) is 7.73. The monoisotopic (exact) mass is 538 g/mol. The van der Waals surface area contributed by atoms with E-state index in [9.17, 15) is 4.79 Å². The van der Waals surface area contributed by atoms with Gasteiger partial charge in [0.15, 0.2) is 0 Å². The van der Waals surface area contributed by atoms with Gasteiger partial charge in [-0.25, -0.2) is 0 Å². The molecule has 1 aliphatic heterocycles. The number of allylic oxidation sites excluding steroid dienone is 2. The zero-order valence-corrected chi connectivity index (χ0v) is 23.7. The molecule has 3 aromatic rings. The summed E-state index contributed by atoms with van der Waals surface area (Å²) in [6, 6.07) is 24.3. The number of benzene rings is 3. The number of carbonyl (C=O) groups excluding carboxylic acids is 1. The molecule has 0 saturated carbocycles. The Kier molecular flexibility index (Phi) is 8.99. The second kappa shape index (κ2) is 13.0. The molecule has 0 unspecified atom stereocenters. The molecule has 208 valence electrons. The summed E-state index contributed by atoms with van der Waals surface area (Å²) in [4.78, 5) is 17.6. The van der Waals surface area contributed by atoms with Crippen molar-refractivity contribution in [3.63, 3.8) is 0 Å². The van der Waals surface area contributed by atoms with E-state index in [0.717, 1.165) is 83.2 Å². The van der Waals surface area contributed by atoms with E-state index in [4.69, 9.17) is 14.2 Å². The lowest BCUT2D eigenvalue weighted by Gasteiger charge is -2.32. The highest BCUT2D eigenvalue weighted by atomic mass is 16.5. The third-order valence-electron chi connectivity index (χ3n) is 7.73. The number of methoxy groups -OCH3 is 1. The summed E-state index contributed by atoms with van der Waals surface area (Å²) in [5.74, 6) is 1.40. The molecule has 1 saturated heterocycles. The molecule has 6 nitrogen and oxygen atoms in total. The summed E-state index contributed by atoms with van der Waals surface area (Å²) in [5.41, 5.74) is 7.52. The van der Waals surface area contributed by atoms with Crippen molar-refractivity contribution in [2.45, 2.75) is 20.0 Å². The number of esters is 1. The van der Waals surface area contributed by atoms with Gasteiger partial charge in [0.05, 0.1) is 13.5 Å². The van der Waals surface area contributed by atoms with E-state index in [0.29, 0.717) is 13.2 Å². The summed E-state index contributed by atoms with van der Waals surface area (Å²) in [7, 11) is 3.80. The van der Waals surface area contributed by atoms with Crippen molar-refractivity contribution < 1.29 is 19.0 Å². The van der Waals surface area contributed by atoms with Crippen LogP contribution < -0.4 is 9.47 Å². The summed E-state index contributed by atoms with van der Waals surface area (Å²) < 4.78 is 17.1. The van der Waals surface area contributed by atoms with Crippen LogP contribution in [0.25, 0.3) is 17.2 Å². The van der Waals surface area contributed by atoms with Crippen molar-refractivity contribution >= 4 is 23.2 Å². The van der Waals surface area contributed by atoms with Gasteiger partial charge in [0.25, 0.3) is 0 Å². The van der Waals surface area contributed by atoms with Gasteiger partial charge in [0.1, 0.15) is 24.7 Å². The molecule has 3 aromatic carbocycles. The maximum atomic E-state index is 12.9. The average Bonchev–Trinajstić information content (AvgIpc) is 3.23. The maximum Gasteiger partial charge on any atom is 0.310 e. The van der Waals surface area contributed by atoms with E-state index >= 15 is 0 Å². The zero-order valence-electron chi connectivity index (χ0n) is 23.7. The van der Waals surface area contributed by atoms with Gasteiger partial charge < -0.3 is 19.1 Å². The molecular formula is C34H38N2O4. The van der Waals surface area contributed by atoms with E-state index in [1.807, 2.05) is 42.5 Å². The second-order valence-corrected chi connectivity index (χ2v) is 10.5. The van der Waals surface area contributed by atoms with Crippen LogP contribution in [0.5, 0.6) is 11.5 Å².